The minimum atomic E-state index is -0.855. The number of halogens is 1. The van der Waals surface area contributed by atoms with Gasteiger partial charge in [-0.15, -0.1) is 0 Å². The minimum Gasteiger partial charge on any atom is -0.385 e. The van der Waals surface area contributed by atoms with Crippen LogP contribution in [0, 0.1) is 19.7 Å². The number of ether oxygens (including phenoxy) is 1. The number of carbonyl (C=O) groups excluding carboxylic acids is 2. The van der Waals surface area contributed by atoms with Crippen LogP contribution in [0.4, 0.5) is 4.39 Å². The largest absolute Gasteiger partial charge is 0.385 e. The van der Waals surface area contributed by atoms with Gasteiger partial charge in [0.2, 0.25) is 0 Å². The van der Waals surface area contributed by atoms with Crippen LogP contribution in [-0.2, 0) is 14.3 Å². The van der Waals surface area contributed by atoms with E-state index in [0.29, 0.717) is 30.8 Å². The summed E-state index contributed by atoms with van der Waals surface area (Å²) in [4.78, 5) is 23.3. The molecule has 0 aliphatic rings. The number of benzene rings is 1. The lowest BCUT2D eigenvalue weighted by Crippen LogP contribution is -2.38. The molecule has 0 saturated heterocycles. The first-order chi connectivity index (χ1) is 13.0. The predicted octanol–water partition coefficient (Wildman–Crippen LogP) is 1.84. The van der Waals surface area contributed by atoms with E-state index >= 15 is 0 Å². The van der Waals surface area contributed by atoms with Crippen LogP contribution in [0.25, 0.3) is 5.69 Å². The fourth-order valence-electron chi connectivity index (χ4n) is 2.63. The average Bonchev–Trinajstić information content (AvgIpc) is 2.92. The Labute approximate surface area is 157 Å². The number of hydrogen-bond acceptors (Lipinski definition) is 4. The topological polar surface area (TPSA) is 84.7 Å². The Hall–Kier alpha value is -3.00. The third-order valence-electron chi connectivity index (χ3n) is 3.95. The number of nitrogens with zero attached hydrogens (tertiary/aromatic N) is 2. The Kier molecular flexibility index (Phi) is 7.25. The van der Waals surface area contributed by atoms with E-state index in [2.05, 4.69) is 15.8 Å². The summed E-state index contributed by atoms with van der Waals surface area (Å²) in [6.07, 6.45) is 2.04. The zero-order chi connectivity index (χ0) is 19.8. The highest BCUT2D eigenvalue weighted by atomic mass is 19.1. The van der Waals surface area contributed by atoms with E-state index in [0.717, 1.165) is 11.4 Å². The smallest absolute Gasteiger partial charge is 0.329 e. The number of hydrogen-bond donors (Lipinski definition) is 2. The average molecular weight is 374 g/mol. The molecule has 2 rings (SSSR count). The van der Waals surface area contributed by atoms with Crippen molar-refractivity contribution in [2.45, 2.75) is 20.3 Å². The maximum Gasteiger partial charge on any atom is 0.329 e. The van der Waals surface area contributed by atoms with Crippen LogP contribution >= 0.6 is 0 Å². The Morgan fingerprint density at radius 1 is 1.26 bits per heavy atom. The van der Waals surface area contributed by atoms with Gasteiger partial charge in [-0.05, 0) is 38.5 Å². The molecule has 8 heteroatoms. The van der Waals surface area contributed by atoms with Crippen molar-refractivity contribution in [3.8, 4) is 5.69 Å². The van der Waals surface area contributed by atoms with Crippen LogP contribution in [0.5, 0.6) is 0 Å². The van der Waals surface area contributed by atoms with Gasteiger partial charge in [-0.3, -0.25) is 9.59 Å². The van der Waals surface area contributed by atoms with Gasteiger partial charge < -0.3 is 14.6 Å². The summed E-state index contributed by atoms with van der Waals surface area (Å²) in [7, 11) is 1.56. The van der Waals surface area contributed by atoms with Gasteiger partial charge in [0.25, 0.3) is 0 Å². The highest BCUT2D eigenvalue weighted by Gasteiger charge is 2.14. The van der Waals surface area contributed by atoms with Crippen molar-refractivity contribution in [1.82, 2.24) is 15.3 Å². The Morgan fingerprint density at radius 2 is 2.00 bits per heavy atom. The first-order valence-corrected chi connectivity index (χ1v) is 8.49. The summed E-state index contributed by atoms with van der Waals surface area (Å²) in [6.45, 7) is 4.51. The lowest BCUT2D eigenvalue weighted by molar-refractivity contribution is -0.139. The summed E-state index contributed by atoms with van der Waals surface area (Å²) in [5.41, 5.74) is 4.91. The van der Waals surface area contributed by atoms with Gasteiger partial charge in [-0.1, -0.05) is 12.1 Å². The first-order valence-electron chi connectivity index (χ1n) is 8.49. The van der Waals surface area contributed by atoms with Crippen molar-refractivity contribution < 1.29 is 18.7 Å². The molecule has 144 valence electrons. The molecule has 0 radical (unpaired) electrons. The van der Waals surface area contributed by atoms with Crippen molar-refractivity contribution in [2.24, 2.45) is 5.10 Å². The van der Waals surface area contributed by atoms with Crippen molar-refractivity contribution in [2.75, 3.05) is 20.3 Å². The van der Waals surface area contributed by atoms with E-state index < -0.39 is 11.8 Å². The molecule has 2 amide bonds. The number of aromatic nitrogens is 1. The van der Waals surface area contributed by atoms with Crippen molar-refractivity contribution in [1.29, 1.82) is 0 Å². The number of amides is 2. The number of carbonyl (C=O) groups is 2. The summed E-state index contributed by atoms with van der Waals surface area (Å²) in [5, 5.41) is 6.29. The molecule has 1 aromatic heterocycles. The van der Waals surface area contributed by atoms with Crippen molar-refractivity contribution in [3.63, 3.8) is 0 Å². The number of aryl methyl sites for hydroxylation is 1. The van der Waals surface area contributed by atoms with E-state index in [4.69, 9.17) is 4.74 Å². The molecule has 2 N–H and O–H groups in total. The molecule has 0 bridgehead atoms. The number of nitrogens with one attached hydrogen (secondary N) is 2. The Bertz CT molecular complexity index is 845. The van der Waals surface area contributed by atoms with Gasteiger partial charge in [-0.25, -0.2) is 9.82 Å². The second kappa shape index (κ2) is 9.63. The van der Waals surface area contributed by atoms with Gasteiger partial charge in [0.1, 0.15) is 5.82 Å². The second-order valence-electron chi connectivity index (χ2n) is 5.91. The van der Waals surface area contributed by atoms with Crippen LogP contribution < -0.4 is 10.7 Å². The maximum absolute atomic E-state index is 14.1. The fourth-order valence-corrected chi connectivity index (χ4v) is 2.63. The molecular formula is C19H23FN4O3. The van der Waals surface area contributed by atoms with E-state index in [1.165, 1.54) is 12.3 Å². The molecule has 1 aromatic carbocycles. The highest BCUT2D eigenvalue weighted by Crippen LogP contribution is 2.21. The number of methoxy groups -OCH3 is 1. The maximum atomic E-state index is 14.1. The molecule has 7 nitrogen and oxygen atoms in total. The molecule has 0 atom stereocenters. The van der Waals surface area contributed by atoms with Crippen LogP contribution in [0.15, 0.2) is 35.4 Å². The molecule has 0 spiro atoms. The summed E-state index contributed by atoms with van der Waals surface area (Å²) in [6, 6.07) is 8.30. The standard InChI is InChI=1S/C19H23FN4O3/c1-13-11-15(14(2)24(13)17-8-5-4-7-16(17)20)12-22-23-19(26)18(25)21-9-6-10-27-3/h4-5,7-8,11-12H,6,9-10H2,1-3H3,(H,21,25)(H,23,26)/b22-12-. The second-order valence-corrected chi connectivity index (χ2v) is 5.91. The van der Waals surface area contributed by atoms with E-state index in [-0.39, 0.29) is 5.82 Å². The zero-order valence-electron chi connectivity index (χ0n) is 15.6. The highest BCUT2D eigenvalue weighted by molar-refractivity contribution is 6.35. The molecule has 0 aliphatic heterocycles. The van der Waals surface area contributed by atoms with Crippen LogP contribution in [0.1, 0.15) is 23.4 Å². The molecular weight excluding hydrogens is 351 g/mol. The number of para-hydroxylation sites is 1. The molecule has 0 unspecified atom stereocenters. The molecule has 27 heavy (non-hydrogen) atoms. The van der Waals surface area contributed by atoms with Crippen LogP contribution in [0.3, 0.4) is 0 Å². The molecule has 1 heterocycles. The monoisotopic (exact) mass is 374 g/mol. The minimum absolute atomic E-state index is 0.332. The summed E-state index contributed by atoms with van der Waals surface area (Å²) < 4.78 is 20.7. The SMILES string of the molecule is COCCCNC(=O)C(=O)N/N=C\c1cc(C)n(-c2ccccc2F)c1C. The Balaban J connectivity index is 2.02. The number of hydrazone groups is 1. The summed E-state index contributed by atoms with van der Waals surface area (Å²) in [5.74, 6) is -1.95. The van der Waals surface area contributed by atoms with E-state index in [1.54, 1.807) is 29.9 Å². The first kappa shape index (κ1) is 20.3. The molecule has 2 aromatic rings. The zero-order valence-corrected chi connectivity index (χ0v) is 15.6. The van der Waals surface area contributed by atoms with Crippen molar-refractivity contribution >= 4 is 18.0 Å². The van der Waals surface area contributed by atoms with Gasteiger partial charge >= 0.3 is 11.8 Å². The fraction of sp³-hybridized carbons (Fsp3) is 0.316. The van der Waals surface area contributed by atoms with E-state index in [1.807, 2.05) is 19.9 Å². The predicted molar refractivity (Wildman–Crippen MR) is 100 cm³/mol. The van der Waals surface area contributed by atoms with Crippen molar-refractivity contribution in [3.05, 3.63) is 53.1 Å². The lowest BCUT2D eigenvalue weighted by atomic mass is 10.2. The third kappa shape index (κ3) is 5.24. The normalized spacial score (nSPS) is 11.0. The third-order valence-corrected chi connectivity index (χ3v) is 3.95. The van der Waals surface area contributed by atoms with E-state index in [9.17, 15) is 14.0 Å². The summed E-state index contributed by atoms with van der Waals surface area (Å²) >= 11 is 0. The van der Waals surface area contributed by atoms with Gasteiger partial charge in [-0.2, -0.15) is 5.10 Å². The number of rotatable bonds is 7. The van der Waals surface area contributed by atoms with Gasteiger partial charge in [0.15, 0.2) is 0 Å². The Morgan fingerprint density at radius 3 is 2.70 bits per heavy atom. The molecule has 0 aliphatic carbocycles. The van der Waals surface area contributed by atoms with Gasteiger partial charge in [0, 0.05) is 37.2 Å². The van der Waals surface area contributed by atoms with Gasteiger partial charge in [0.05, 0.1) is 11.9 Å². The van der Waals surface area contributed by atoms with Crippen LogP contribution in [0.2, 0.25) is 0 Å². The van der Waals surface area contributed by atoms with Crippen LogP contribution in [-0.4, -0.2) is 42.9 Å². The molecule has 0 fully saturated rings. The quantitative estimate of drug-likeness (QED) is 0.336. The molecule has 0 saturated carbocycles. The lowest BCUT2D eigenvalue weighted by Gasteiger charge is -2.10.